The molecule has 4 nitrogen and oxygen atoms in total. The van der Waals surface area contributed by atoms with Crippen LogP contribution in [0, 0.1) is 5.92 Å². The van der Waals surface area contributed by atoms with Gasteiger partial charge in [0.05, 0.1) is 12.7 Å². The zero-order chi connectivity index (χ0) is 10.4. The van der Waals surface area contributed by atoms with E-state index in [9.17, 15) is 5.11 Å². The van der Waals surface area contributed by atoms with E-state index in [1.807, 2.05) is 0 Å². The zero-order valence-electron chi connectivity index (χ0n) is 8.85. The highest BCUT2D eigenvalue weighted by Gasteiger charge is 2.20. The van der Waals surface area contributed by atoms with E-state index in [4.69, 9.17) is 9.84 Å². The van der Waals surface area contributed by atoms with Gasteiger partial charge in [-0.15, -0.1) is 0 Å². The lowest BCUT2D eigenvalue weighted by atomic mass is 9.97. The molecule has 4 heteroatoms. The number of nitrogens with zero attached hydrogens (tertiary/aromatic N) is 1. The van der Waals surface area contributed by atoms with Crippen LogP contribution in [0.3, 0.4) is 0 Å². The number of aliphatic hydroxyl groups is 2. The molecule has 0 bridgehead atoms. The third-order valence-electron chi connectivity index (χ3n) is 2.79. The van der Waals surface area contributed by atoms with Gasteiger partial charge < -0.3 is 19.8 Å². The number of hydrogen-bond acceptors (Lipinski definition) is 4. The van der Waals surface area contributed by atoms with Crippen molar-refractivity contribution in [2.75, 3.05) is 40.0 Å². The van der Waals surface area contributed by atoms with E-state index < -0.39 is 6.10 Å². The van der Waals surface area contributed by atoms with Crippen LogP contribution in [0.2, 0.25) is 0 Å². The number of β-amino-alcohol motifs (C(OH)–C–C–N with tert-alkyl or cyclic N) is 1. The first-order valence-electron chi connectivity index (χ1n) is 5.26. The molecular weight excluding hydrogens is 182 g/mol. The maximum atomic E-state index is 9.26. The first-order chi connectivity index (χ1) is 6.76. The Hall–Kier alpha value is -0.160. The molecule has 1 rings (SSSR count). The Morgan fingerprint density at radius 2 is 2.07 bits per heavy atom. The fourth-order valence-corrected chi connectivity index (χ4v) is 1.93. The molecule has 0 saturated carbocycles. The van der Waals surface area contributed by atoms with Crippen LogP contribution in [0.15, 0.2) is 0 Å². The highest BCUT2D eigenvalue weighted by Crippen LogP contribution is 2.17. The molecule has 1 aliphatic rings. The summed E-state index contributed by atoms with van der Waals surface area (Å²) < 4.78 is 5.11. The predicted molar refractivity (Wildman–Crippen MR) is 54.1 cm³/mol. The minimum atomic E-state index is -0.589. The number of piperidine rings is 1. The van der Waals surface area contributed by atoms with E-state index >= 15 is 0 Å². The lowest BCUT2D eigenvalue weighted by Gasteiger charge is -2.32. The summed E-state index contributed by atoms with van der Waals surface area (Å²) in [5, 5.41) is 18.0. The molecule has 2 N–H and O–H groups in total. The molecular formula is C10H21NO3. The summed E-state index contributed by atoms with van der Waals surface area (Å²) in [4.78, 5) is 2.20. The van der Waals surface area contributed by atoms with Gasteiger partial charge in [0, 0.05) is 20.3 Å². The second-order valence-electron chi connectivity index (χ2n) is 4.04. The summed E-state index contributed by atoms with van der Waals surface area (Å²) in [6, 6.07) is 0. The number of methoxy groups -OCH3 is 1. The molecule has 1 saturated heterocycles. The number of hydrogen-bond donors (Lipinski definition) is 2. The van der Waals surface area contributed by atoms with Crippen LogP contribution in [0.25, 0.3) is 0 Å². The molecule has 0 aromatic heterocycles. The smallest absolute Gasteiger partial charge is 0.0897 e. The molecule has 0 amide bonds. The van der Waals surface area contributed by atoms with Crippen molar-refractivity contribution in [3.8, 4) is 0 Å². The summed E-state index contributed by atoms with van der Waals surface area (Å²) in [6.45, 7) is 3.31. The molecule has 1 unspecified atom stereocenters. The quantitative estimate of drug-likeness (QED) is 0.644. The minimum Gasteiger partial charge on any atom is -0.394 e. The Morgan fingerprint density at radius 3 is 2.57 bits per heavy atom. The molecule has 84 valence electrons. The average Bonchev–Trinajstić information content (AvgIpc) is 2.21. The molecule has 0 aromatic carbocycles. The third-order valence-corrected chi connectivity index (χ3v) is 2.79. The van der Waals surface area contributed by atoms with E-state index in [0.717, 1.165) is 32.5 Å². The molecule has 0 aromatic rings. The Balaban J connectivity index is 2.15. The maximum absolute atomic E-state index is 9.26. The van der Waals surface area contributed by atoms with Crippen molar-refractivity contribution in [3.05, 3.63) is 0 Å². The summed E-state index contributed by atoms with van der Waals surface area (Å²) in [6.07, 6.45) is 1.67. The normalized spacial score (nSPS) is 22.5. The van der Waals surface area contributed by atoms with E-state index in [2.05, 4.69) is 4.90 Å². The maximum Gasteiger partial charge on any atom is 0.0897 e. The number of ether oxygens (including phenoxy) is 1. The molecule has 1 heterocycles. The Labute approximate surface area is 85.5 Å². The second kappa shape index (κ2) is 6.35. The minimum absolute atomic E-state index is 0.141. The van der Waals surface area contributed by atoms with Gasteiger partial charge in [0.15, 0.2) is 0 Å². The lowest BCUT2D eigenvalue weighted by Crippen LogP contribution is -2.40. The van der Waals surface area contributed by atoms with Crippen molar-refractivity contribution < 1.29 is 14.9 Å². The summed E-state index contributed by atoms with van der Waals surface area (Å²) in [7, 11) is 1.74. The highest BCUT2D eigenvalue weighted by atomic mass is 16.5. The van der Waals surface area contributed by atoms with Crippen LogP contribution in [-0.2, 0) is 4.74 Å². The monoisotopic (exact) mass is 203 g/mol. The Kier molecular flexibility index (Phi) is 5.40. The van der Waals surface area contributed by atoms with Crippen LogP contribution in [0.1, 0.15) is 12.8 Å². The van der Waals surface area contributed by atoms with Gasteiger partial charge in [-0.2, -0.15) is 0 Å². The van der Waals surface area contributed by atoms with Gasteiger partial charge in [0.25, 0.3) is 0 Å². The van der Waals surface area contributed by atoms with E-state index in [1.165, 1.54) is 0 Å². The van der Waals surface area contributed by atoms with Crippen LogP contribution >= 0.6 is 0 Å². The molecule has 1 atom stereocenters. The number of rotatable bonds is 5. The van der Waals surface area contributed by atoms with Gasteiger partial charge in [-0.25, -0.2) is 0 Å². The van der Waals surface area contributed by atoms with Crippen LogP contribution in [0.5, 0.6) is 0 Å². The Bertz CT molecular complexity index is 146. The molecule has 0 spiro atoms. The summed E-state index contributed by atoms with van der Waals surface area (Å²) in [5.41, 5.74) is 0. The molecule has 0 radical (unpaired) electrons. The van der Waals surface area contributed by atoms with Gasteiger partial charge in [-0.05, 0) is 31.8 Å². The number of likely N-dealkylation sites (tertiary alicyclic amines) is 1. The van der Waals surface area contributed by atoms with E-state index in [-0.39, 0.29) is 6.61 Å². The largest absolute Gasteiger partial charge is 0.394 e. The van der Waals surface area contributed by atoms with Crippen molar-refractivity contribution >= 4 is 0 Å². The first-order valence-corrected chi connectivity index (χ1v) is 5.26. The van der Waals surface area contributed by atoms with Crippen molar-refractivity contribution in [2.45, 2.75) is 18.9 Å². The first kappa shape index (κ1) is 11.9. The summed E-state index contributed by atoms with van der Waals surface area (Å²) in [5.74, 6) is 0.669. The third kappa shape index (κ3) is 3.92. The van der Waals surface area contributed by atoms with Gasteiger partial charge in [0.1, 0.15) is 0 Å². The average molecular weight is 203 g/mol. The molecule has 0 aliphatic carbocycles. The molecule has 14 heavy (non-hydrogen) atoms. The highest BCUT2D eigenvalue weighted by molar-refractivity contribution is 4.73. The SMILES string of the molecule is COCC1CCN(CC(O)CO)CC1. The fourth-order valence-electron chi connectivity index (χ4n) is 1.93. The molecule has 1 fully saturated rings. The fraction of sp³-hybridized carbons (Fsp3) is 1.00. The van der Waals surface area contributed by atoms with Crippen LogP contribution < -0.4 is 0 Å². The summed E-state index contributed by atoms with van der Waals surface area (Å²) >= 11 is 0. The second-order valence-corrected chi connectivity index (χ2v) is 4.04. The lowest BCUT2D eigenvalue weighted by molar-refractivity contribution is 0.0381. The van der Waals surface area contributed by atoms with Gasteiger partial charge in [-0.1, -0.05) is 0 Å². The van der Waals surface area contributed by atoms with Crippen LogP contribution in [-0.4, -0.2) is 61.2 Å². The number of aliphatic hydroxyl groups excluding tert-OH is 2. The van der Waals surface area contributed by atoms with Gasteiger partial charge in [-0.3, -0.25) is 0 Å². The van der Waals surface area contributed by atoms with Crippen molar-refractivity contribution in [1.29, 1.82) is 0 Å². The standard InChI is InChI=1S/C10H21NO3/c1-14-8-9-2-4-11(5-3-9)6-10(13)7-12/h9-10,12-13H,2-8H2,1H3. The van der Waals surface area contributed by atoms with Crippen LogP contribution in [0.4, 0.5) is 0 Å². The van der Waals surface area contributed by atoms with Gasteiger partial charge >= 0.3 is 0 Å². The zero-order valence-corrected chi connectivity index (χ0v) is 8.85. The van der Waals surface area contributed by atoms with Gasteiger partial charge in [0.2, 0.25) is 0 Å². The Morgan fingerprint density at radius 1 is 1.43 bits per heavy atom. The van der Waals surface area contributed by atoms with Crippen molar-refractivity contribution in [3.63, 3.8) is 0 Å². The van der Waals surface area contributed by atoms with Crippen molar-refractivity contribution in [1.82, 2.24) is 4.90 Å². The van der Waals surface area contributed by atoms with E-state index in [1.54, 1.807) is 7.11 Å². The van der Waals surface area contributed by atoms with Crippen molar-refractivity contribution in [2.24, 2.45) is 5.92 Å². The van der Waals surface area contributed by atoms with E-state index in [0.29, 0.717) is 12.5 Å². The topological polar surface area (TPSA) is 52.9 Å². The predicted octanol–water partition coefficient (Wildman–Crippen LogP) is -0.302. The molecule has 1 aliphatic heterocycles.